The quantitative estimate of drug-likeness (QED) is 0.282. The lowest BCUT2D eigenvalue weighted by atomic mass is 9.94. The molecule has 2 saturated heterocycles. The van der Waals surface area contributed by atoms with Crippen molar-refractivity contribution in [2.45, 2.75) is 96.1 Å². The Bertz CT molecular complexity index is 1180. The van der Waals surface area contributed by atoms with Crippen LogP contribution in [0.1, 0.15) is 64.0 Å². The normalized spacial score (nSPS) is 22.6. The molecule has 236 valence electrons. The highest BCUT2D eigenvalue weighted by molar-refractivity contribution is 5.89. The van der Waals surface area contributed by atoms with Crippen molar-refractivity contribution in [1.29, 1.82) is 0 Å². The molecule has 9 heteroatoms. The number of amides is 2. The van der Waals surface area contributed by atoms with Gasteiger partial charge in [0, 0.05) is 37.7 Å². The molecule has 0 saturated carbocycles. The number of nitrogens with one attached hydrogen (secondary N) is 2. The van der Waals surface area contributed by atoms with Gasteiger partial charge in [0.1, 0.15) is 17.7 Å². The lowest BCUT2D eigenvalue weighted by Crippen LogP contribution is -2.57. The number of carbonyl (C=O) groups excluding carboxylic acids is 2. The molecule has 2 aliphatic heterocycles. The van der Waals surface area contributed by atoms with E-state index in [1.54, 1.807) is 4.90 Å². The minimum atomic E-state index is -1.05. The Labute approximate surface area is 254 Å². The number of nitrogens with zero attached hydrogens (tertiary/aromatic N) is 1. The van der Waals surface area contributed by atoms with Gasteiger partial charge >= 0.3 is 0 Å². The van der Waals surface area contributed by atoms with E-state index in [0.717, 1.165) is 24.5 Å². The average molecular weight is 600 g/mol. The molecule has 6 atom stereocenters. The Hall–Kier alpha value is -2.88. The molecule has 4 rings (SSSR count). The third kappa shape index (κ3) is 9.30. The molecule has 3 N–H and O–H groups in total. The molecule has 2 aromatic rings. The van der Waals surface area contributed by atoms with Crippen LogP contribution in [-0.2, 0) is 27.2 Å². The van der Waals surface area contributed by atoms with Crippen molar-refractivity contribution in [2.24, 2.45) is 11.8 Å². The van der Waals surface area contributed by atoms with E-state index in [1.165, 1.54) is 12.1 Å². The Morgan fingerprint density at radius 3 is 2.53 bits per heavy atom. The van der Waals surface area contributed by atoms with Crippen molar-refractivity contribution in [3.63, 3.8) is 0 Å². The van der Waals surface area contributed by atoms with E-state index >= 15 is 0 Å². The number of rotatable bonds is 15. The molecule has 2 fully saturated rings. The van der Waals surface area contributed by atoms with Gasteiger partial charge in [-0.15, -0.1) is 0 Å². The largest absolute Gasteiger partial charge is 0.389 e. The number of aliphatic hydroxyl groups is 1. The van der Waals surface area contributed by atoms with Crippen molar-refractivity contribution in [3.05, 3.63) is 71.3 Å². The molecule has 0 bridgehead atoms. The Morgan fingerprint density at radius 1 is 1.14 bits per heavy atom. The molecule has 43 heavy (non-hydrogen) atoms. The number of halogens is 2. The molecule has 2 aliphatic rings. The van der Waals surface area contributed by atoms with E-state index in [-0.39, 0.29) is 36.3 Å². The number of benzene rings is 2. The monoisotopic (exact) mass is 599 g/mol. The van der Waals surface area contributed by atoms with Gasteiger partial charge in [0.2, 0.25) is 11.8 Å². The minimum absolute atomic E-state index is 0.0143. The van der Waals surface area contributed by atoms with Gasteiger partial charge in [0.05, 0.1) is 18.2 Å². The first kappa shape index (κ1) is 33.0. The highest BCUT2D eigenvalue weighted by Gasteiger charge is 2.41. The Morgan fingerprint density at radius 2 is 1.86 bits per heavy atom. The smallest absolute Gasteiger partial charge is 0.243 e. The molecule has 2 unspecified atom stereocenters. The number of hydrogen-bond donors (Lipinski definition) is 3. The van der Waals surface area contributed by atoms with Crippen LogP contribution in [0.15, 0.2) is 48.5 Å². The topological polar surface area (TPSA) is 90.9 Å². The molecular formula is C34H47F2N3O4. The summed E-state index contributed by atoms with van der Waals surface area (Å²) in [6, 6.07) is 11.1. The molecule has 2 aromatic carbocycles. The fourth-order valence-electron chi connectivity index (χ4n) is 6.44. The highest BCUT2D eigenvalue weighted by Crippen LogP contribution is 2.28. The Kier molecular flexibility index (Phi) is 12.1. The minimum Gasteiger partial charge on any atom is -0.389 e. The van der Waals surface area contributed by atoms with Crippen LogP contribution in [0.3, 0.4) is 0 Å². The molecule has 0 aromatic heterocycles. The summed E-state index contributed by atoms with van der Waals surface area (Å²) in [7, 11) is 0. The van der Waals surface area contributed by atoms with Gasteiger partial charge in [0.15, 0.2) is 0 Å². The molecule has 2 amide bonds. The van der Waals surface area contributed by atoms with Crippen LogP contribution in [0.5, 0.6) is 0 Å². The Balaban J connectivity index is 1.56. The number of ether oxygens (including phenoxy) is 1. The van der Waals surface area contributed by atoms with Crippen LogP contribution in [0.25, 0.3) is 0 Å². The van der Waals surface area contributed by atoms with Gasteiger partial charge in [-0.25, -0.2) is 8.78 Å². The van der Waals surface area contributed by atoms with Gasteiger partial charge in [-0.05, 0) is 74.1 Å². The lowest BCUT2D eigenvalue weighted by molar-refractivity contribution is -0.140. The fraction of sp³-hybridized carbons (Fsp3) is 0.588. The fourth-order valence-corrected chi connectivity index (χ4v) is 6.44. The van der Waals surface area contributed by atoms with Gasteiger partial charge < -0.3 is 25.4 Å². The predicted octanol–water partition coefficient (Wildman–Crippen LogP) is 4.41. The summed E-state index contributed by atoms with van der Waals surface area (Å²) in [4.78, 5) is 29.3. The molecule has 0 aliphatic carbocycles. The second kappa shape index (κ2) is 15.7. The maximum atomic E-state index is 14.1. The van der Waals surface area contributed by atoms with Crippen molar-refractivity contribution in [2.75, 3.05) is 19.7 Å². The number of likely N-dealkylation sites (tertiary alicyclic amines) is 1. The maximum Gasteiger partial charge on any atom is 0.243 e. The van der Waals surface area contributed by atoms with Gasteiger partial charge in [-0.2, -0.15) is 0 Å². The summed E-state index contributed by atoms with van der Waals surface area (Å²) in [5.74, 6) is -1.58. The third-order valence-corrected chi connectivity index (χ3v) is 8.55. The van der Waals surface area contributed by atoms with Gasteiger partial charge in [-0.1, -0.05) is 51.1 Å². The van der Waals surface area contributed by atoms with E-state index < -0.39 is 29.8 Å². The van der Waals surface area contributed by atoms with Crippen LogP contribution >= 0.6 is 0 Å². The second-order valence-corrected chi connectivity index (χ2v) is 12.5. The van der Waals surface area contributed by atoms with E-state index in [1.807, 2.05) is 37.3 Å². The van der Waals surface area contributed by atoms with Crippen LogP contribution in [0.2, 0.25) is 0 Å². The zero-order chi connectivity index (χ0) is 30.9. The second-order valence-electron chi connectivity index (χ2n) is 12.5. The molecule has 0 spiro atoms. The van der Waals surface area contributed by atoms with E-state index in [9.17, 15) is 23.5 Å². The zero-order valence-electron chi connectivity index (χ0n) is 25.6. The first-order valence-electron chi connectivity index (χ1n) is 15.8. The number of carbonyl (C=O) groups is 2. The molecule has 7 nitrogen and oxygen atoms in total. The van der Waals surface area contributed by atoms with E-state index in [0.29, 0.717) is 56.9 Å². The number of aliphatic hydroxyl groups excluding tert-OH is 1. The lowest BCUT2D eigenvalue weighted by Gasteiger charge is -2.33. The predicted molar refractivity (Wildman–Crippen MR) is 162 cm³/mol. The van der Waals surface area contributed by atoms with E-state index in [4.69, 9.17) is 4.74 Å². The molecular weight excluding hydrogens is 552 g/mol. The van der Waals surface area contributed by atoms with Gasteiger partial charge in [-0.3, -0.25) is 9.59 Å². The highest BCUT2D eigenvalue weighted by atomic mass is 19.1. The van der Waals surface area contributed by atoms with Crippen molar-refractivity contribution < 1.29 is 28.2 Å². The summed E-state index contributed by atoms with van der Waals surface area (Å²) in [6.45, 7) is 7.88. The zero-order valence-corrected chi connectivity index (χ0v) is 25.6. The van der Waals surface area contributed by atoms with Crippen LogP contribution in [0.4, 0.5) is 8.78 Å². The van der Waals surface area contributed by atoms with Crippen molar-refractivity contribution in [3.8, 4) is 0 Å². The first-order valence-corrected chi connectivity index (χ1v) is 15.8. The molecule has 0 radical (unpaired) electrons. The standard InChI is InChI=1S/C34H47F2N3O4/c1-4-14-43-28-20-29(37-21-28)32(40)30(18-24-16-26(35)19-27(36)17-24)38-33(41)31(11-10-23-8-6-5-7-9-23)39-13-12-25(34(39)42)15-22(2)3/h5-9,16-17,19,22,25,28-32,37,40H,4,10-15,18,20-21H2,1-3H3,(H,38,41)/t25-,28?,29-,30?,31+,32-/m1/s1. The maximum absolute atomic E-state index is 14.1. The summed E-state index contributed by atoms with van der Waals surface area (Å²) in [5, 5.41) is 17.9. The summed E-state index contributed by atoms with van der Waals surface area (Å²) >= 11 is 0. The van der Waals surface area contributed by atoms with Crippen LogP contribution in [-0.4, -0.2) is 71.9 Å². The van der Waals surface area contributed by atoms with Crippen LogP contribution in [0, 0.1) is 23.5 Å². The number of aryl methyl sites for hydroxylation is 1. The molecule has 2 heterocycles. The summed E-state index contributed by atoms with van der Waals surface area (Å²) < 4.78 is 34.1. The summed E-state index contributed by atoms with van der Waals surface area (Å²) in [5.41, 5.74) is 1.39. The first-order chi connectivity index (χ1) is 20.6. The van der Waals surface area contributed by atoms with Gasteiger partial charge in [0.25, 0.3) is 0 Å². The number of hydrogen-bond acceptors (Lipinski definition) is 5. The van der Waals surface area contributed by atoms with Crippen molar-refractivity contribution >= 4 is 11.8 Å². The van der Waals surface area contributed by atoms with Crippen molar-refractivity contribution in [1.82, 2.24) is 15.5 Å². The van der Waals surface area contributed by atoms with E-state index in [2.05, 4.69) is 24.5 Å². The van der Waals surface area contributed by atoms with Crippen LogP contribution < -0.4 is 10.6 Å². The third-order valence-electron chi connectivity index (χ3n) is 8.55. The summed E-state index contributed by atoms with van der Waals surface area (Å²) in [6.07, 6.45) is 2.81. The average Bonchev–Trinajstić information content (AvgIpc) is 3.58. The SMILES string of the molecule is CCCOC1CN[C@@H]([C@@H](O)C(Cc2cc(F)cc(F)c2)NC(=O)[C@H](CCc2ccccc2)N2CC[C@H](CC(C)C)C2=O)C1.